The van der Waals surface area contributed by atoms with Gasteiger partial charge in [-0.15, -0.1) is 0 Å². The number of para-hydroxylation sites is 1. The number of hydrogen-bond donors (Lipinski definition) is 0. The van der Waals surface area contributed by atoms with Gasteiger partial charge in [0.2, 0.25) is 0 Å². The third-order valence-corrected chi connectivity index (χ3v) is 7.62. The second-order valence-electron chi connectivity index (χ2n) is 9.62. The molecule has 1 aromatic heterocycles. The number of aromatic nitrogens is 1. The Bertz CT molecular complexity index is 1840. The molecule has 0 radical (unpaired) electrons. The van der Waals surface area contributed by atoms with Crippen LogP contribution in [0, 0.1) is 0 Å². The average Bonchev–Trinajstić information content (AvgIpc) is 3.27. The molecule has 0 amide bonds. The molecule has 2 heteroatoms. The van der Waals surface area contributed by atoms with Crippen molar-refractivity contribution in [2.24, 2.45) is 0 Å². The molecule has 0 unspecified atom stereocenters. The minimum atomic E-state index is 0.903. The molecule has 0 N–H and O–H groups in total. The maximum atomic E-state index is 5.09. The summed E-state index contributed by atoms with van der Waals surface area (Å²) in [4.78, 5) is 7.55. The van der Waals surface area contributed by atoms with Gasteiger partial charge in [-0.05, 0) is 51.2 Å². The molecule has 0 saturated heterocycles. The van der Waals surface area contributed by atoms with E-state index in [0.29, 0.717) is 0 Å². The van der Waals surface area contributed by atoms with Crippen LogP contribution >= 0.6 is 0 Å². The molecule has 2 nitrogen and oxygen atoms in total. The molecule has 0 saturated carbocycles. The standard InChI is InChI=1S/C34H22N2/c1-3-9-22(10-4-1)26-19-24-17-18-25-20-30-28-15-7-11-23-12-8-16-29(31(23)28)34(30)36(27-13-5-2-6-14-27)33(25)32(24)35-21-26/h1-19,21H,20H2. The van der Waals surface area contributed by atoms with Gasteiger partial charge in [0.05, 0.1) is 16.9 Å². The molecular weight excluding hydrogens is 436 g/mol. The fourth-order valence-electron chi connectivity index (χ4n) is 6.06. The maximum Gasteiger partial charge on any atom is 0.0945 e. The Morgan fingerprint density at radius 3 is 2.17 bits per heavy atom. The highest BCUT2D eigenvalue weighted by atomic mass is 15.2. The van der Waals surface area contributed by atoms with Crippen LogP contribution in [0.1, 0.15) is 16.7 Å². The van der Waals surface area contributed by atoms with E-state index < -0.39 is 0 Å². The summed E-state index contributed by atoms with van der Waals surface area (Å²) < 4.78 is 0. The third kappa shape index (κ3) is 2.70. The van der Waals surface area contributed by atoms with Crippen molar-refractivity contribution in [3.63, 3.8) is 0 Å². The van der Waals surface area contributed by atoms with Crippen LogP contribution in [0.4, 0.5) is 11.4 Å². The first-order valence-electron chi connectivity index (χ1n) is 12.4. The normalized spacial score (nSPS) is 13.8. The summed E-state index contributed by atoms with van der Waals surface area (Å²) >= 11 is 0. The number of pyridine rings is 1. The molecule has 0 fully saturated rings. The van der Waals surface area contributed by atoms with Gasteiger partial charge >= 0.3 is 0 Å². The van der Waals surface area contributed by atoms with E-state index in [-0.39, 0.29) is 0 Å². The van der Waals surface area contributed by atoms with E-state index in [2.05, 4.69) is 120 Å². The van der Waals surface area contributed by atoms with Crippen molar-refractivity contribution >= 4 is 44.3 Å². The van der Waals surface area contributed by atoms with Crippen molar-refractivity contribution in [2.75, 3.05) is 4.90 Å². The molecule has 2 aliphatic rings. The molecule has 8 rings (SSSR count). The first-order valence-corrected chi connectivity index (χ1v) is 12.4. The van der Waals surface area contributed by atoms with Crippen LogP contribution < -0.4 is 4.90 Å². The molecule has 0 bridgehead atoms. The summed E-state index contributed by atoms with van der Waals surface area (Å²) in [6, 6.07) is 41.5. The lowest BCUT2D eigenvalue weighted by molar-refractivity contribution is 1.18. The minimum absolute atomic E-state index is 0.903. The first kappa shape index (κ1) is 19.6. The molecule has 5 aromatic carbocycles. The van der Waals surface area contributed by atoms with E-state index in [4.69, 9.17) is 4.98 Å². The van der Waals surface area contributed by atoms with Crippen molar-refractivity contribution in [2.45, 2.75) is 6.42 Å². The van der Waals surface area contributed by atoms with E-state index in [9.17, 15) is 0 Å². The Morgan fingerprint density at radius 2 is 1.36 bits per heavy atom. The van der Waals surface area contributed by atoms with Gasteiger partial charge < -0.3 is 4.90 Å². The first-order chi connectivity index (χ1) is 17.9. The molecule has 6 aromatic rings. The minimum Gasteiger partial charge on any atom is -0.307 e. The van der Waals surface area contributed by atoms with Gasteiger partial charge in [-0.2, -0.15) is 0 Å². The van der Waals surface area contributed by atoms with E-state index in [1.807, 2.05) is 6.20 Å². The number of anilines is 2. The lowest BCUT2D eigenvalue weighted by atomic mass is 9.91. The molecule has 1 aliphatic carbocycles. The van der Waals surface area contributed by atoms with Crippen molar-refractivity contribution in [3.8, 4) is 11.1 Å². The molecule has 2 heterocycles. The fourth-order valence-corrected chi connectivity index (χ4v) is 6.06. The summed E-state index contributed by atoms with van der Waals surface area (Å²) in [5.41, 5.74) is 12.4. The van der Waals surface area contributed by atoms with E-state index in [0.717, 1.165) is 28.6 Å². The van der Waals surface area contributed by atoms with Crippen molar-refractivity contribution in [3.05, 3.63) is 138 Å². The van der Waals surface area contributed by atoms with Gasteiger partial charge in [-0.3, -0.25) is 4.98 Å². The molecular formula is C34H22N2. The molecule has 0 spiro atoms. The van der Waals surface area contributed by atoms with Gasteiger partial charge in [0, 0.05) is 34.8 Å². The smallest absolute Gasteiger partial charge is 0.0945 e. The SMILES string of the molecule is c1ccc(-c2cnc3c4c(ccc3c2)CC2=C(c3cccc5cccc2c35)N4c2ccccc2)cc1. The number of nitrogens with zero attached hydrogens (tertiary/aromatic N) is 2. The molecule has 168 valence electrons. The van der Waals surface area contributed by atoms with E-state index >= 15 is 0 Å². The van der Waals surface area contributed by atoms with Crippen LogP contribution in [0.25, 0.3) is 44.1 Å². The second-order valence-corrected chi connectivity index (χ2v) is 9.62. The van der Waals surface area contributed by atoms with Crippen LogP contribution in [0.2, 0.25) is 0 Å². The van der Waals surface area contributed by atoms with Gasteiger partial charge in [0.15, 0.2) is 0 Å². The Kier molecular flexibility index (Phi) is 4.03. The van der Waals surface area contributed by atoms with E-state index in [1.165, 1.54) is 50.0 Å². The zero-order valence-corrected chi connectivity index (χ0v) is 19.6. The summed E-state index contributed by atoms with van der Waals surface area (Å²) in [7, 11) is 0. The van der Waals surface area contributed by atoms with Crippen LogP contribution in [-0.4, -0.2) is 4.98 Å². The largest absolute Gasteiger partial charge is 0.307 e. The molecule has 1 aliphatic heterocycles. The predicted octanol–water partition coefficient (Wildman–Crippen LogP) is 8.63. The van der Waals surface area contributed by atoms with Gasteiger partial charge in [0.25, 0.3) is 0 Å². The zero-order valence-electron chi connectivity index (χ0n) is 19.6. The molecule has 36 heavy (non-hydrogen) atoms. The second kappa shape index (κ2) is 7.40. The maximum absolute atomic E-state index is 5.09. The lowest BCUT2D eigenvalue weighted by Gasteiger charge is -2.34. The monoisotopic (exact) mass is 458 g/mol. The van der Waals surface area contributed by atoms with Crippen LogP contribution in [0.5, 0.6) is 0 Å². The number of fused-ring (bicyclic) bond motifs is 5. The Morgan fingerprint density at radius 1 is 0.611 bits per heavy atom. The quantitative estimate of drug-likeness (QED) is 0.258. The van der Waals surface area contributed by atoms with Crippen LogP contribution in [0.3, 0.4) is 0 Å². The van der Waals surface area contributed by atoms with Crippen molar-refractivity contribution < 1.29 is 0 Å². The highest BCUT2D eigenvalue weighted by Crippen LogP contribution is 2.53. The summed E-state index contributed by atoms with van der Waals surface area (Å²) in [5.74, 6) is 0. The summed E-state index contributed by atoms with van der Waals surface area (Å²) in [6.07, 6.45) is 2.93. The van der Waals surface area contributed by atoms with Crippen LogP contribution in [0.15, 0.2) is 121 Å². The highest BCUT2D eigenvalue weighted by Gasteiger charge is 2.35. The number of hydrogen-bond acceptors (Lipinski definition) is 2. The molecule has 0 atom stereocenters. The lowest BCUT2D eigenvalue weighted by Crippen LogP contribution is -2.21. The predicted molar refractivity (Wildman–Crippen MR) is 150 cm³/mol. The topological polar surface area (TPSA) is 16.1 Å². The van der Waals surface area contributed by atoms with Gasteiger partial charge in [-0.25, -0.2) is 0 Å². The third-order valence-electron chi connectivity index (χ3n) is 7.62. The van der Waals surface area contributed by atoms with E-state index in [1.54, 1.807) is 0 Å². The Balaban J connectivity index is 1.41. The van der Waals surface area contributed by atoms with Crippen molar-refractivity contribution in [1.82, 2.24) is 4.98 Å². The highest BCUT2D eigenvalue weighted by molar-refractivity contribution is 6.21. The van der Waals surface area contributed by atoms with Crippen LogP contribution in [-0.2, 0) is 6.42 Å². The summed E-state index contributed by atoms with van der Waals surface area (Å²) in [5, 5.41) is 3.82. The number of allylic oxidation sites excluding steroid dienone is 1. The fraction of sp³-hybridized carbons (Fsp3) is 0.0294. The average molecular weight is 459 g/mol. The van der Waals surface area contributed by atoms with Crippen molar-refractivity contribution in [1.29, 1.82) is 0 Å². The summed E-state index contributed by atoms with van der Waals surface area (Å²) in [6.45, 7) is 0. The number of rotatable bonds is 2. The van der Waals surface area contributed by atoms with Gasteiger partial charge in [-0.1, -0.05) is 97.1 Å². The van der Waals surface area contributed by atoms with Gasteiger partial charge in [0.1, 0.15) is 0 Å². The Labute approximate surface area is 209 Å². The number of benzene rings is 5. The Hall–Kier alpha value is -4.69. The zero-order chi connectivity index (χ0) is 23.6.